The number of allylic oxidation sites excluding steroid dienone is 3. The number of hydrogen-bond donors (Lipinski definition) is 2. The smallest absolute Gasteiger partial charge is 0.234 e. The van der Waals surface area contributed by atoms with E-state index in [1.165, 1.54) is 18.9 Å². The molecule has 1 aliphatic heterocycles. The van der Waals surface area contributed by atoms with Gasteiger partial charge in [-0.25, -0.2) is 0 Å². The van der Waals surface area contributed by atoms with Crippen molar-refractivity contribution < 1.29 is 19.1 Å². The largest absolute Gasteiger partial charge is 0.497 e. The highest BCUT2D eigenvalue weighted by molar-refractivity contribution is 8.03. The SMILES string of the molecule is COc1ccc(C2C(C#N)=C(SCC(=O)Nc3cc(Cl)ccc3OC)NC3=C2C(=O)CC(C)(C)C3)cc1. The van der Waals surface area contributed by atoms with Gasteiger partial charge in [-0.3, -0.25) is 9.59 Å². The standard InChI is InChI=1S/C28H28ClN3O4S/c1-28(2)12-21-26(22(33)13-28)25(16-5-8-18(35-3)9-6-16)19(14-30)27(32-21)37-15-24(34)31-20-11-17(29)7-10-23(20)36-4/h5-11,25,32H,12-13,15H2,1-4H3,(H,31,34). The number of nitriles is 1. The molecule has 1 amide bonds. The van der Waals surface area contributed by atoms with Gasteiger partial charge in [-0.1, -0.05) is 49.3 Å². The normalized spacial score (nSPS) is 18.5. The van der Waals surface area contributed by atoms with Crippen molar-refractivity contribution in [2.75, 3.05) is 25.3 Å². The first-order chi connectivity index (χ1) is 17.7. The lowest BCUT2D eigenvalue weighted by molar-refractivity contribution is -0.118. The van der Waals surface area contributed by atoms with Crippen molar-refractivity contribution >= 4 is 40.7 Å². The molecular weight excluding hydrogens is 510 g/mol. The Balaban J connectivity index is 1.65. The highest BCUT2D eigenvalue weighted by Crippen LogP contribution is 2.48. The molecule has 0 bridgehead atoms. The number of nitrogens with zero attached hydrogens (tertiary/aromatic N) is 1. The van der Waals surface area contributed by atoms with Gasteiger partial charge < -0.3 is 20.1 Å². The Hall–Kier alpha value is -3.41. The van der Waals surface area contributed by atoms with Gasteiger partial charge in [-0.15, -0.1) is 0 Å². The van der Waals surface area contributed by atoms with Gasteiger partial charge in [0.1, 0.15) is 11.5 Å². The number of ketones is 1. The molecule has 7 nitrogen and oxygen atoms in total. The Labute approximate surface area is 225 Å². The number of anilines is 1. The maximum atomic E-state index is 13.3. The lowest BCUT2D eigenvalue weighted by Gasteiger charge is -2.39. The third-order valence-corrected chi connectivity index (χ3v) is 7.61. The summed E-state index contributed by atoms with van der Waals surface area (Å²) in [6.45, 7) is 4.11. The molecule has 192 valence electrons. The summed E-state index contributed by atoms with van der Waals surface area (Å²) in [5, 5.41) is 17.4. The second-order valence-electron chi connectivity index (χ2n) is 9.70. The third-order valence-electron chi connectivity index (χ3n) is 6.36. The Morgan fingerprint density at radius 1 is 1.19 bits per heavy atom. The minimum Gasteiger partial charge on any atom is -0.497 e. The van der Waals surface area contributed by atoms with E-state index in [2.05, 4.69) is 30.6 Å². The van der Waals surface area contributed by atoms with Gasteiger partial charge >= 0.3 is 0 Å². The van der Waals surface area contributed by atoms with Gasteiger partial charge in [0, 0.05) is 22.7 Å². The van der Waals surface area contributed by atoms with Crippen LogP contribution in [0.4, 0.5) is 5.69 Å². The zero-order chi connectivity index (χ0) is 26.7. The first kappa shape index (κ1) is 26.6. The predicted octanol–water partition coefficient (Wildman–Crippen LogP) is 5.79. The minimum atomic E-state index is -0.519. The van der Waals surface area contributed by atoms with Crippen molar-refractivity contribution in [3.8, 4) is 17.6 Å². The number of carbonyl (C=O) groups is 2. The fourth-order valence-electron chi connectivity index (χ4n) is 4.72. The van der Waals surface area contributed by atoms with Crippen LogP contribution in [0.5, 0.6) is 11.5 Å². The number of nitrogens with one attached hydrogen (secondary N) is 2. The molecule has 0 fully saturated rings. The van der Waals surface area contributed by atoms with Crippen molar-refractivity contribution in [3.63, 3.8) is 0 Å². The maximum absolute atomic E-state index is 13.3. The summed E-state index contributed by atoms with van der Waals surface area (Å²) in [5.74, 6) is 0.453. The monoisotopic (exact) mass is 537 g/mol. The van der Waals surface area contributed by atoms with E-state index < -0.39 is 5.92 Å². The van der Waals surface area contributed by atoms with Crippen LogP contribution in [0.1, 0.15) is 38.2 Å². The zero-order valence-corrected chi connectivity index (χ0v) is 22.7. The van der Waals surface area contributed by atoms with Crippen molar-refractivity contribution in [1.82, 2.24) is 5.32 Å². The van der Waals surface area contributed by atoms with Gasteiger partial charge in [0.2, 0.25) is 5.91 Å². The summed E-state index contributed by atoms with van der Waals surface area (Å²) >= 11 is 7.31. The maximum Gasteiger partial charge on any atom is 0.234 e. The number of Topliss-reactive ketones (excluding diaryl/α,β-unsaturated/α-hetero) is 1. The summed E-state index contributed by atoms with van der Waals surface area (Å²) < 4.78 is 10.6. The van der Waals surface area contributed by atoms with Crippen LogP contribution < -0.4 is 20.1 Å². The van der Waals surface area contributed by atoms with Crippen molar-refractivity contribution in [1.29, 1.82) is 5.26 Å². The number of dihydropyridines is 1. The molecule has 37 heavy (non-hydrogen) atoms. The van der Waals surface area contributed by atoms with Crippen LogP contribution in [0.3, 0.4) is 0 Å². The van der Waals surface area contributed by atoms with E-state index in [-0.39, 0.29) is 22.9 Å². The molecule has 0 saturated carbocycles. The zero-order valence-electron chi connectivity index (χ0n) is 21.1. The molecule has 0 saturated heterocycles. The summed E-state index contributed by atoms with van der Waals surface area (Å²) in [6.07, 6.45) is 1.07. The molecule has 1 unspecified atom stereocenters. The molecule has 2 aliphatic rings. The lowest BCUT2D eigenvalue weighted by atomic mass is 9.69. The Morgan fingerprint density at radius 2 is 1.92 bits per heavy atom. The van der Waals surface area contributed by atoms with E-state index in [0.717, 1.165) is 11.3 Å². The molecule has 2 N–H and O–H groups in total. The molecule has 4 rings (SSSR count). The molecule has 0 spiro atoms. The van der Waals surface area contributed by atoms with E-state index in [4.69, 9.17) is 21.1 Å². The van der Waals surface area contributed by atoms with E-state index >= 15 is 0 Å². The first-order valence-electron chi connectivity index (χ1n) is 11.7. The molecular formula is C28H28ClN3O4S. The second kappa shape index (κ2) is 10.9. The summed E-state index contributed by atoms with van der Waals surface area (Å²) in [5.41, 5.74) is 2.92. The number of hydrogen-bond acceptors (Lipinski definition) is 7. The quantitative estimate of drug-likeness (QED) is 0.460. The molecule has 1 heterocycles. The minimum absolute atomic E-state index is 0.0298. The number of methoxy groups -OCH3 is 2. The second-order valence-corrected chi connectivity index (χ2v) is 11.1. The third kappa shape index (κ3) is 5.79. The molecule has 1 aliphatic carbocycles. The molecule has 2 aromatic rings. The van der Waals surface area contributed by atoms with E-state index in [1.807, 2.05) is 24.3 Å². The van der Waals surface area contributed by atoms with Crippen LogP contribution in [0.2, 0.25) is 5.02 Å². The van der Waals surface area contributed by atoms with Crippen LogP contribution in [0.15, 0.2) is 64.3 Å². The fraction of sp³-hybridized carbons (Fsp3) is 0.321. The van der Waals surface area contributed by atoms with Crippen LogP contribution in [-0.4, -0.2) is 31.7 Å². The highest BCUT2D eigenvalue weighted by Gasteiger charge is 2.42. The van der Waals surface area contributed by atoms with Gasteiger partial charge in [0.05, 0.1) is 48.2 Å². The topological polar surface area (TPSA) is 100 Å². The Kier molecular flexibility index (Phi) is 7.86. The molecule has 0 aromatic heterocycles. The van der Waals surface area contributed by atoms with Crippen LogP contribution >= 0.6 is 23.4 Å². The number of ether oxygens (including phenoxy) is 2. The Bertz CT molecular complexity index is 1340. The highest BCUT2D eigenvalue weighted by atomic mass is 35.5. The number of thioether (sulfide) groups is 1. The summed E-state index contributed by atoms with van der Waals surface area (Å²) in [7, 11) is 3.10. The van der Waals surface area contributed by atoms with Gasteiger partial charge in [-0.05, 0) is 47.7 Å². The average Bonchev–Trinajstić information content (AvgIpc) is 2.86. The van der Waals surface area contributed by atoms with Crippen LogP contribution in [-0.2, 0) is 9.59 Å². The van der Waals surface area contributed by atoms with E-state index in [9.17, 15) is 14.9 Å². The molecule has 9 heteroatoms. The lowest BCUT2D eigenvalue weighted by Crippen LogP contribution is -2.37. The van der Waals surface area contributed by atoms with Gasteiger partial charge in [0.15, 0.2) is 5.78 Å². The Morgan fingerprint density at radius 3 is 2.57 bits per heavy atom. The van der Waals surface area contributed by atoms with E-state index in [1.54, 1.807) is 25.3 Å². The van der Waals surface area contributed by atoms with Crippen LogP contribution in [0.25, 0.3) is 0 Å². The molecule has 1 atom stereocenters. The van der Waals surface area contributed by atoms with Crippen molar-refractivity contribution in [2.24, 2.45) is 5.41 Å². The predicted molar refractivity (Wildman–Crippen MR) is 146 cm³/mol. The number of benzene rings is 2. The summed E-state index contributed by atoms with van der Waals surface area (Å²) in [6, 6.07) is 14.7. The van der Waals surface area contributed by atoms with Crippen molar-refractivity contribution in [3.05, 3.63) is 74.9 Å². The number of rotatable bonds is 7. The molecule has 2 aromatic carbocycles. The fourth-order valence-corrected chi connectivity index (χ4v) is 5.76. The van der Waals surface area contributed by atoms with Gasteiger partial charge in [0.25, 0.3) is 0 Å². The van der Waals surface area contributed by atoms with Gasteiger partial charge in [-0.2, -0.15) is 5.26 Å². The van der Waals surface area contributed by atoms with E-state index in [0.29, 0.717) is 51.2 Å². The number of carbonyl (C=O) groups excluding carboxylic acids is 2. The molecule has 0 radical (unpaired) electrons. The number of amides is 1. The summed E-state index contributed by atoms with van der Waals surface area (Å²) in [4.78, 5) is 26.2. The van der Waals surface area contributed by atoms with Crippen LogP contribution in [0, 0.1) is 16.7 Å². The first-order valence-corrected chi connectivity index (χ1v) is 13.1. The number of halogens is 1. The van der Waals surface area contributed by atoms with Crippen molar-refractivity contribution in [2.45, 2.75) is 32.6 Å². The average molecular weight is 538 g/mol.